The first kappa shape index (κ1) is 27.1. The van der Waals surface area contributed by atoms with Gasteiger partial charge in [0.25, 0.3) is 0 Å². The number of nitrogens with two attached hydrogens (primary N) is 2. The van der Waals surface area contributed by atoms with Crippen LogP contribution in [-0.2, 0) is 28.8 Å². The third-order valence-corrected chi connectivity index (χ3v) is 4.04. The van der Waals surface area contributed by atoms with Crippen LogP contribution >= 0.6 is 12.6 Å². The van der Waals surface area contributed by atoms with Gasteiger partial charge in [0, 0.05) is 12.2 Å². The Morgan fingerprint density at radius 2 is 1.37 bits per heavy atom. The summed E-state index contributed by atoms with van der Waals surface area (Å²) in [6.45, 7) is -0.962. The standard InChI is InChI=1S/C15H25N5O9S/c16-6(5-30)12(25)18-7(1-2-11(23)24)13(26)20-9(4-21)14(27)19-8(15(28)29)3-10(17)22/h6-9,21,30H,1-5,16H2,(H2,17,22)(H,18,25)(H,19,27)(H,20,26)(H,23,24)(H,28,29). The van der Waals surface area contributed by atoms with Crippen LogP contribution in [-0.4, -0.2) is 87.4 Å². The summed E-state index contributed by atoms with van der Waals surface area (Å²) in [5.74, 6) is -6.86. The van der Waals surface area contributed by atoms with Crippen LogP contribution in [0, 0.1) is 0 Å². The van der Waals surface area contributed by atoms with Crippen molar-refractivity contribution in [2.45, 2.75) is 43.4 Å². The fraction of sp³-hybridized carbons (Fsp3) is 0.600. The summed E-state index contributed by atoms with van der Waals surface area (Å²) >= 11 is 3.84. The summed E-state index contributed by atoms with van der Waals surface area (Å²) < 4.78 is 0. The first-order chi connectivity index (χ1) is 13.9. The molecule has 0 saturated heterocycles. The molecule has 170 valence electrons. The molecule has 4 atom stereocenters. The number of rotatable bonds is 14. The van der Waals surface area contributed by atoms with Gasteiger partial charge in [0.15, 0.2) is 0 Å². The minimum absolute atomic E-state index is 0.0583. The number of hydrogen-bond acceptors (Lipinski definition) is 9. The van der Waals surface area contributed by atoms with Crippen molar-refractivity contribution in [3.8, 4) is 0 Å². The maximum Gasteiger partial charge on any atom is 0.326 e. The van der Waals surface area contributed by atoms with Gasteiger partial charge in [-0.1, -0.05) is 0 Å². The third-order valence-electron chi connectivity index (χ3n) is 3.65. The molecule has 10 N–H and O–H groups in total. The molecule has 0 spiro atoms. The molecule has 0 aromatic carbocycles. The Balaban J connectivity index is 5.26. The van der Waals surface area contributed by atoms with Gasteiger partial charge in [0.05, 0.1) is 19.1 Å². The average Bonchev–Trinajstić information content (AvgIpc) is 2.66. The molecular weight excluding hydrogens is 426 g/mol. The zero-order chi connectivity index (χ0) is 23.4. The van der Waals surface area contributed by atoms with Crippen molar-refractivity contribution in [1.29, 1.82) is 0 Å². The highest BCUT2D eigenvalue weighted by Gasteiger charge is 2.30. The summed E-state index contributed by atoms with van der Waals surface area (Å²) in [6, 6.07) is -5.86. The second-order valence-corrected chi connectivity index (χ2v) is 6.46. The van der Waals surface area contributed by atoms with Crippen LogP contribution in [0.3, 0.4) is 0 Å². The maximum absolute atomic E-state index is 12.4. The minimum atomic E-state index is -1.70. The predicted octanol–water partition coefficient (Wildman–Crippen LogP) is -4.48. The first-order valence-electron chi connectivity index (χ1n) is 8.54. The van der Waals surface area contributed by atoms with Gasteiger partial charge in [-0.2, -0.15) is 12.6 Å². The monoisotopic (exact) mass is 451 g/mol. The summed E-state index contributed by atoms with van der Waals surface area (Å²) in [6.07, 6.45) is -1.60. The lowest BCUT2D eigenvalue weighted by atomic mass is 10.1. The van der Waals surface area contributed by atoms with Crippen LogP contribution in [0.15, 0.2) is 0 Å². The normalized spacial score (nSPS) is 14.5. The van der Waals surface area contributed by atoms with E-state index in [1.807, 2.05) is 5.32 Å². The van der Waals surface area contributed by atoms with Gasteiger partial charge >= 0.3 is 11.9 Å². The zero-order valence-electron chi connectivity index (χ0n) is 15.7. The van der Waals surface area contributed by atoms with Crippen molar-refractivity contribution in [2.75, 3.05) is 12.4 Å². The molecule has 4 unspecified atom stereocenters. The highest BCUT2D eigenvalue weighted by Crippen LogP contribution is 2.01. The summed E-state index contributed by atoms with van der Waals surface area (Å²) in [4.78, 5) is 69.2. The molecule has 0 aromatic rings. The van der Waals surface area contributed by atoms with Crippen LogP contribution < -0.4 is 27.4 Å². The number of aliphatic carboxylic acids is 2. The molecule has 0 aliphatic heterocycles. The van der Waals surface area contributed by atoms with Gasteiger partial charge < -0.3 is 42.7 Å². The SMILES string of the molecule is NC(=O)CC(NC(=O)C(CO)NC(=O)C(CCC(=O)O)NC(=O)C(N)CS)C(=O)O. The van der Waals surface area contributed by atoms with Crippen molar-refractivity contribution in [1.82, 2.24) is 16.0 Å². The molecule has 0 fully saturated rings. The second kappa shape index (κ2) is 13.3. The fourth-order valence-electron chi connectivity index (χ4n) is 2.04. The Kier molecular flexibility index (Phi) is 12.0. The van der Waals surface area contributed by atoms with Crippen molar-refractivity contribution < 1.29 is 44.1 Å². The number of carboxylic acid groups (broad SMARTS) is 2. The molecule has 0 bridgehead atoms. The number of carbonyl (C=O) groups excluding carboxylic acids is 4. The number of thiol groups is 1. The molecule has 30 heavy (non-hydrogen) atoms. The molecule has 0 saturated carbocycles. The number of amides is 4. The molecule has 0 aliphatic rings. The molecule has 0 aromatic heterocycles. The number of carboxylic acids is 2. The van der Waals surface area contributed by atoms with Gasteiger partial charge in [-0.05, 0) is 6.42 Å². The van der Waals surface area contributed by atoms with Gasteiger partial charge in [0.1, 0.15) is 18.1 Å². The lowest BCUT2D eigenvalue weighted by molar-refractivity contribution is -0.144. The second-order valence-electron chi connectivity index (χ2n) is 6.10. The van der Waals surface area contributed by atoms with E-state index in [1.165, 1.54) is 0 Å². The molecule has 14 nitrogen and oxygen atoms in total. The van der Waals surface area contributed by atoms with E-state index < -0.39 is 79.2 Å². The van der Waals surface area contributed by atoms with Crippen LogP contribution in [0.1, 0.15) is 19.3 Å². The molecule has 0 aliphatic carbocycles. The number of aliphatic hydroxyl groups is 1. The Morgan fingerprint density at radius 1 is 0.867 bits per heavy atom. The van der Waals surface area contributed by atoms with Gasteiger partial charge in [-0.3, -0.25) is 24.0 Å². The third kappa shape index (κ3) is 10.0. The van der Waals surface area contributed by atoms with Crippen molar-refractivity contribution in [3.63, 3.8) is 0 Å². The van der Waals surface area contributed by atoms with E-state index in [-0.39, 0.29) is 12.2 Å². The Hall–Kier alpha value is -2.91. The lowest BCUT2D eigenvalue weighted by Gasteiger charge is -2.23. The van der Waals surface area contributed by atoms with Crippen molar-refractivity contribution >= 4 is 48.2 Å². The number of hydrogen-bond donors (Lipinski definition) is 9. The first-order valence-corrected chi connectivity index (χ1v) is 9.17. The largest absolute Gasteiger partial charge is 0.481 e. The van der Waals surface area contributed by atoms with Crippen LogP contribution in [0.5, 0.6) is 0 Å². The molecule has 4 amide bonds. The lowest BCUT2D eigenvalue weighted by Crippen LogP contribution is -2.58. The van der Waals surface area contributed by atoms with E-state index in [9.17, 15) is 33.9 Å². The molecule has 0 rings (SSSR count). The number of nitrogens with one attached hydrogen (secondary N) is 3. The highest BCUT2D eigenvalue weighted by molar-refractivity contribution is 7.80. The summed E-state index contributed by atoms with van der Waals surface area (Å²) in [7, 11) is 0. The number of primary amides is 1. The van der Waals surface area contributed by atoms with E-state index in [0.29, 0.717) is 0 Å². The van der Waals surface area contributed by atoms with E-state index >= 15 is 0 Å². The fourth-order valence-corrected chi connectivity index (χ4v) is 2.20. The maximum atomic E-state index is 12.4. The molecular formula is C15H25N5O9S. The molecule has 0 heterocycles. The molecule has 15 heteroatoms. The Morgan fingerprint density at radius 3 is 1.80 bits per heavy atom. The van der Waals surface area contributed by atoms with Crippen LogP contribution in [0.4, 0.5) is 0 Å². The minimum Gasteiger partial charge on any atom is -0.481 e. The highest BCUT2D eigenvalue weighted by atomic mass is 32.1. The van der Waals surface area contributed by atoms with Gasteiger partial charge in [-0.15, -0.1) is 0 Å². The van der Waals surface area contributed by atoms with Crippen LogP contribution in [0.2, 0.25) is 0 Å². The quantitative estimate of drug-likeness (QED) is 0.114. The van der Waals surface area contributed by atoms with Gasteiger partial charge in [-0.25, -0.2) is 4.79 Å². The zero-order valence-corrected chi connectivity index (χ0v) is 16.6. The van der Waals surface area contributed by atoms with Crippen molar-refractivity contribution in [3.05, 3.63) is 0 Å². The summed E-state index contributed by atoms with van der Waals surface area (Å²) in [5.41, 5.74) is 10.4. The average molecular weight is 451 g/mol. The predicted molar refractivity (Wildman–Crippen MR) is 103 cm³/mol. The Bertz CT molecular complexity index is 675. The van der Waals surface area contributed by atoms with E-state index in [2.05, 4.69) is 23.3 Å². The van der Waals surface area contributed by atoms with Crippen molar-refractivity contribution in [2.24, 2.45) is 11.5 Å². The Labute approximate surface area is 176 Å². The number of aliphatic hydroxyl groups excluding tert-OH is 1. The summed E-state index contributed by atoms with van der Waals surface area (Å²) in [5, 5.41) is 33.4. The van der Waals surface area contributed by atoms with Crippen LogP contribution in [0.25, 0.3) is 0 Å². The number of carbonyl (C=O) groups is 6. The van der Waals surface area contributed by atoms with E-state index in [1.54, 1.807) is 0 Å². The topological polar surface area (TPSA) is 251 Å². The van der Waals surface area contributed by atoms with Gasteiger partial charge in [0.2, 0.25) is 23.6 Å². The smallest absolute Gasteiger partial charge is 0.326 e. The molecule has 0 radical (unpaired) electrons. The van der Waals surface area contributed by atoms with E-state index in [4.69, 9.17) is 21.7 Å². The van der Waals surface area contributed by atoms with E-state index in [0.717, 1.165) is 0 Å².